The molecule has 2 aliphatic rings. The molecule has 0 amide bonds. The molecule has 2 heterocycles. The second-order valence-electron chi connectivity index (χ2n) is 8.76. The molecule has 1 saturated carbocycles. The number of ether oxygens (including phenoxy) is 1. The van der Waals surface area contributed by atoms with Gasteiger partial charge >= 0.3 is 7.12 Å². The fourth-order valence-corrected chi connectivity index (χ4v) is 2.68. The first-order valence-electron chi connectivity index (χ1n) is 8.52. The predicted molar refractivity (Wildman–Crippen MR) is 92.3 cm³/mol. The summed E-state index contributed by atoms with van der Waals surface area (Å²) < 4.78 is 18.4. The molecule has 0 N–H and O–H groups in total. The molecule has 4 nitrogen and oxygen atoms in total. The molecule has 2 fully saturated rings. The van der Waals surface area contributed by atoms with E-state index in [0.717, 1.165) is 29.7 Å². The van der Waals surface area contributed by atoms with E-state index in [1.165, 1.54) is 0 Å². The molecule has 0 aromatic carbocycles. The molecule has 0 unspecified atom stereocenters. The maximum absolute atomic E-state index is 6.24. The summed E-state index contributed by atoms with van der Waals surface area (Å²) in [6.45, 7) is 14.8. The van der Waals surface area contributed by atoms with Crippen molar-refractivity contribution >= 4 is 12.6 Å². The monoisotopic (exact) mass is 317 g/mol. The summed E-state index contributed by atoms with van der Waals surface area (Å²) in [6, 6.07) is 2.05. The van der Waals surface area contributed by atoms with Gasteiger partial charge in [-0.25, -0.2) is 0 Å². The van der Waals surface area contributed by atoms with E-state index in [4.69, 9.17) is 14.0 Å². The van der Waals surface area contributed by atoms with Crippen LogP contribution in [0.15, 0.2) is 12.3 Å². The van der Waals surface area contributed by atoms with Crippen LogP contribution in [-0.2, 0) is 14.7 Å². The number of aromatic nitrogens is 1. The number of hydrogen-bond donors (Lipinski definition) is 0. The van der Waals surface area contributed by atoms with E-state index >= 15 is 0 Å². The molecule has 0 bridgehead atoms. The molecule has 1 aromatic heterocycles. The lowest BCUT2D eigenvalue weighted by molar-refractivity contribution is 0.00578. The summed E-state index contributed by atoms with van der Waals surface area (Å²) in [7, 11) is -0.413. The minimum Gasteiger partial charge on any atom is -0.489 e. The van der Waals surface area contributed by atoms with Gasteiger partial charge < -0.3 is 14.0 Å². The molecule has 1 saturated heterocycles. The second kappa shape index (κ2) is 5.22. The summed E-state index contributed by atoms with van der Waals surface area (Å²) >= 11 is 0. The van der Waals surface area contributed by atoms with Crippen molar-refractivity contribution in [3.63, 3.8) is 0 Å². The van der Waals surface area contributed by atoms with Gasteiger partial charge in [0.1, 0.15) is 5.75 Å². The van der Waals surface area contributed by atoms with Gasteiger partial charge in [0.25, 0.3) is 0 Å². The highest BCUT2D eigenvalue weighted by Crippen LogP contribution is 2.37. The molecule has 1 aliphatic carbocycles. The van der Waals surface area contributed by atoms with E-state index < -0.39 is 7.12 Å². The summed E-state index contributed by atoms with van der Waals surface area (Å²) in [4.78, 5) is 4.69. The average molecular weight is 317 g/mol. The molecule has 3 rings (SSSR count). The molecule has 126 valence electrons. The lowest BCUT2D eigenvalue weighted by atomic mass is 9.72. The predicted octanol–water partition coefficient (Wildman–Crippen LogP) is 3.22. The van der Waals surface area contributed by atoms with E-state index in [-0.39, 0.29) is 16.6 Å². The van der Waals surface area contributed by atoms with Crippen molar-refractivity contribution in [2.75, 3.05) is 0 Å². The van der Waals surface area contributed by atoms with Gasteiger partial charge in [0, 0.05) is 16.6 Å². The third-order valence-electron chi connectivity index (χ3n) is 4.94. The molecule has 1 aliphatic heterocycles. The first-order chi connectivity index (χ1) is 10.5. The maximum Gasteiger partial charge on any atom is 0.496 e. The Morgan fingerprint density at radius 2 is 1.70 bits per heavy atom. The van der Waals surface area contributed by atoms with Crippen LogP contribution in [-0.4, -0.2) is 29.4 Å². The van der Waals surface area contributed by atoms with E-state index in [2.05, 4.69) is 53.5 Å². The minimum atomic E-state index is -0.413. The number of nitrogens with zero attached hydrogens (tertiary/aromatic N) is 1. The summed E-state index contributed by atoms with van der Waals surface area (Å²) in [5.74, 6) is 0.810. The van der Waals surface area contributed by atoms with Gasteiger partial charge in [-0.2, -0.15) is 0 Å². The van der Waals surface area contributed by atoms with Gasteiger partial charge in [0.15, 0.2) is 0 Å². The van der Waals surface area contributed by atoms with E-state index in [1.54, 1.807) is 0 Å². The minimum absolute atomic E-state index is 0.0863. The topological polar surface area (TPSA) is 40.6 Å². The van der Waals surface area contributed by atoms with Crippen LogP contribution in [0.25, 0.3) is 0 Å². The highest BCUT2D eigenvalue weighted by molar-refractivity contribution is 6.62. The van der Waals surface area contributed by atoms with Crippen LogP contribution in [0.2, 0.25) is 0 Å². The average Bonchev–Trinajstić information content (AvgIpc) is 3.16. The zero-order chi connectivity index (χ0) is 17.0. The Kier molecular flexibility index (Phi) is 3.81. The number of pyridine rings is 1. The van der Waals surface area contributed by atoms with E-state index in [9.17, 15) is 0 Å². The largest absolute Gasteiger partial charge is 0.496 e. The zero-order valence-electron chi connectivity index (χ0n) is 15.4. The maximum atomic E-state index is 6.24. The van der Waals surface area contributed by atoms with E-state index in [0.29, 0.717) is 6.10 Å². The van der Waals surface area contributed by atoms with Gasteiger partial charge in [0.2, 0.25) is 0 Å². The first kappa shape index (κ1) is 16.8. The molecule has 0 atom stereocenters. The quantitative estimate of drug-likeness (QED) is 0.803. The first-order valence-corrected chi connectivity index (χ1v) is 8.52. The lowest BCUT2D eigenvalue weighted by Gasteiger charge is -2.32. The van der Waals surface area contributed by atoms with E-state index in [1.807, 2.05) is 12.3 Å². The Labute approximate surface area is 140 Å². The summed E-state index contributed by atoms with van der Waals surface area (Å²) in [6.07, 6.45) is 4.44. The Bertz CT molecular complexity index is 587. The molecule has 5 heteroatoms. The van der Waals surface area contributed by atoms with Crippen molar-refractivity contribution in [3.8, 4) is 5.75 Å². The van der Waals surface area contributed by atoms with Crippen molar-refractivity contribution in [1.82, 2.24) is 4.98 Å². The molecule has 0 spiro atoms. The lowest BCUT2D eigenvalue weighted by Crippen LogP contribution is -2.41. The smallest absolute Gasteiger partial charge is 0.489 e. The van der Waals surface area contributed by atoms with Crippen LogP contribution < -0.4 is 10.2 Å². The van der Waals surface area contributed by atoms with Crippen molar-refractivity contribution < 1.29 is 14.0 Å². The Morgan fingerprint density at radius 3 is 2.17 bits per heavy atom. The van der Waals surface area contributed by atoms with Crippen LogP contribution in [0.3, 0.4) is 0 Å². The van der Waals surface area contributed by atoms with Gasteiger partial charge in [-0.1, -0.05) is 20.8 Å². The Morgan fingerprint density at radius 1 is 1.13 bits per heavy atom. The van der Waals surface area contributed by atoms with Crippen molar-refractivity contribution in [3.05, 3.63) is 18.0 Å². The summed E-state index contributed by atoms with van der Waals surface area (Å²) in [5, 5.41) is 0. The Hall–Kier alpha value is -1.07. The highest BCUT2D eigenvalue weighted by Gasteiger charge is 2.53. The molecule has 0 radical (unpaired) electrons. The van der Waals surface area contributed by atoms with Gasteiger partial charge in [-0.3, -0.25) is 4.98 Å². The van der Waals surface area contributed by atoms with Crippen LogP contribution in [0.1, 0.15) is 67.0 Å². The third-order valence-corrected chi connectivity index (χ3v) is 4.94. The summed E-state index contributed by atoms with van der Waals surface area (Å²) in [5.41, 5.74) is 1.17. The van der Waals surface area contributed by atoms with Gasteiger partial charge in [-0.05, 0) is 46.6 Å². The standard InChI is InChI=1S/C18H28BNO3/c1-16(2,3)15-14(10-13(11-20-15)21-12-8-9-12)19-22-17(4,5)18(6,7)23-19/h10-12H,8-9H2,1-7H3. The SMILES string of the molecule is CC(C)(C)c1ncc(OC2CC2)cc1B1OC(C)(C)C(C)(C)O1. The van der Waals surface area contributed by atoms with Crippen LogP contribution >= 0.6 is 0 Å². The zero-order valence-corrected chi connectivity index (χ0v) is 15.4. The highest BCUT2D eigenvalue weighted by atomic mass is 16.7. The number of hydrogen-bond acceptors (Lipinski definition) is 4. The molecule has 1 aromatic rings. The fourth-order valence-electron chi connectivity index (χ4n) is 2.68. The van der Waals surface area contributed by atoms with Crippen molar-refractivity contribution in [2.24, 2.45) is 0 Å². The normalized spacial score (nSPS) is 23.2. The molecular weight excluding hydrogens is 289 g/mol. The van der Waals surface area contributed by atoms with Crippen molar-refractivity contribution in [1.29, 1.82) is 0 Å². The Balaban J connectivity index is 1.98. The van der Waals surface area contributed by atoms with Crippen molar-refractivity contribution in [2.45, 2.75) is 84.0 Å². The van der Waals surface area contributed by atoms with Crippen LogP contribution in [0, 0.1) is 0 Å². The fraction of sp³-hybridized carbons (Fsp3) is 0.722. The van der Waals surface area contributed by atoms with Gasteiger partial charge in [-0.15, -0.1) is 0 Å². The molecule has 23 heavy (non-hydrogen) atoms. The number of rotatable bonds is 3. The third kappa shape index (κ3) is 3.27. The van der Waals surface area contributed by atoms with Crippen LogP contribution in [0.4, 0.5) is 0 Å². The second-order valence-corrected chi connectivity index (χ2v) is 8.76. The van der Waals surface area contributed by atoms with Crippen LogP contribution in [0.5, 0.6) is 5.75 Å². The molecular formula is C18H28BNO3. The van der Waals surface area contributed by atoms with Gasteiger partial charge in [0.05, 0.1) is 23.5 Å².